The minimum atomic E-state index is -0.411. The lowest BCUT2D eigenvalue weighted by molar-refractivity contribution is -0.135. The number of nitrogens with zero attached hydrogens (tertiary/aromatic N) is 1. The van der Waals surface area contributed by atoms with Crippen LogP contribution in [0.2, 0.25) is 0 Å². The standard InChI is InChI=1S/C19H26N2O4/c1-13-3-4-17(24-2)14(11-13)12-18(22)20-16-5-8-21(19(16)23)15-6-9-25-10-7-15/h3-4,11,15-16H,5-10,12H2,1-2H3,(H,20,22). The average Bonchev–Trinajstić information content (AvgIpc) is 2.96. The number of carbonyl (C=O) groups is 2. The van der Waals surface area contributed by atoms with Gasteiger partial charge in [-0.05, 0) is 32.3 Å². The topological polar surface area (TPSA) is 67.9 Å². The third kappa shape index (κ3) is 4.12. The van der Waals surface area contributed by atoms with E-state index in [1.165, 1.54) is 0 Å². The molecular formula is C19H26N2O4. The lowest BCUT2D eigenvalue weighted by Crippen LogP contribution is -2.46. The molecule has 2 heterocycles. The van der Waals surface area contributed by atoms with E-state index in [2.05, 4.69) is 5.32 Å². The van der Waals surface area contributed by atoms with Crippen LogP contribution in [0, 0.1) is 6.92 Å². The molecule has 2 amide bonds. The van der Waals surface area contributed by atoms with Gasteiger partial charge in [0.1, 0.15) is 11.8 Å². The van der Waals surface area contributed by atoms with E-state index < -0.39 is 6.04 Å². The number of rotatable bonds is 5. The van der Waals surface area contributed by atoms with E-state index in [1.54, 1.807) is 7.11 Å². The van der Waals surface area contributed by atoms with Crippen LogP contribution in [0.25, 0.3) is 0 Å². The molecule has 3 rings (SSSR count). The van der Waals surface area contributed by atoms with Crippen LogP contribution >= 0.6 is 0 Å². The van der Waals surface area contributed by atoms with Crippen LogP contribution in [-0.4, -0.2) is 55.7 Å². The molecule has 1 N–H and O–H groups in total. The molecule has 25 heavy (non-hydrogen) atoms. The summed E-state index contributed by atoms with van der Waals surface area (Å²) in [5, 5.41) is 2.90. The van der Waals surface area contributed by atoms with Gasteiger partial charge in [-0.1, -0.05) is 17.7 Å². The Morgan fingerprint density at radius 3 is 2.80 bits per heavy atom. The van der Waals surface area contributed by atoms with Crippen LogP contribution in [0.4, 0.5) is 0 Å². The number of methoxy groups -OCH3 is 1. The van der Waals surface area contributed by atoms with Gasteiger partial charge in [-0.2, -0.15) is 0 Å². The number of benzene rings is 1. The minimum absolute atomic E-state index is 0.0384. The van der Waals surface area contributed by atoms with Gasteiger partial charge in [0, 0.05) is 31.4 Å². The fraction of sp³-hybridized carbons (Fsp3) is 0.579. The quantitative estimate of drug-likeness (QED) is 0.876. The molecule has 0 saturated carbocycles. The molecule has 0 aliphatic carbocycles. The number of carbonyl (C=O) groups excluding carboxylic acids is 2. The molecule has 136 valence electrons. The predicted molar refractivity (Wildman–Crippen MR) is 93.5 cm³/mol. The average molecular weight is 346 g/mol. The van der Waals surface area contributed by atoms with E-state index in [9.17, 15) is 9.59 Å². The van der Waals surface area contributed by atoms with Crippen molar-refractivity contribution in [2.24, 2.45) is 0 Å². The molecule has 2 fully saturated rings. The Kier molecular flexibility index (Phi) is 5.58. The summed E-state index contributed by atoms with van der Waals surface area (Å²) in [5.41, 5.74) is 1.91. The predicted octanol–water partition coefficient (Wildman–Crippen LogP) is 1.44. The molecule has 1 unspecified atom stereocenters. The lowest BCUT2D eigenvalue weighted by atomic mass is 10.1. The number of hydrogen-bond acceptors (Lipinski definition) is 4. The number of ether oxygens (including phenoxy) is 2. The maximum Gasteiger partial charge on any atom is 0.245 e. The van der Waals surface area contributed by atoms with Crippen molar-refractivity contribution in [3.05, 3.63) is 29.3 Å². The van der Waals surface area contributed by atoms with Gasteiger partial charge in [-0.25, -0.2) is 0 Å². The largest absolute Gasteiger partial charge is 0.496 e. The Labute approximate surface area is 148 Å². The summed E-state index contributed by atoms with van der Waals surface area (Å²) in [6, 6.07) is 5.60. The normalized spacial score (nSPS) is 21.4. The molecule has 1 atom stereocenters. The first-order chi connectivity index (χ1) is 12.1. The first-order valence-corrected chi connectivity index (χ1v) is 8.89. The van der Waals surface area contributed by atoms with Crippen LogP contribution in [-0.2, 0) is 20.7 Å². The molecule has 0 radical (unpaired) electrons. The van der Waals surface area contributed by atoms with Crippen LogP contribution in [0.5, 0.6) is 5.75 Å². The molecule has 6 nitrogen and oxygen atoms in total. The second kappa shape index (κ2) is 7.87. The molecule has 1 aromatic rings. The summed E-state index contributed by atoms with van der Waals surface area (Å²) in [4.78, 5) is 27.0. The van der Waals surface area contributed by atoms with E-state index >= 15 is 0 Å². The van der Waals surface area contributed by atoms with E-state index in [-0.39, 0.29) is 24.3 Å². The SMILES string of the molecule is COc1ccc(C)cc1CC(=O)NC1CCN(C2CCOCC2)C1=O. The molecule has 2 aliphatic heterocycles. The van der Waals surface area contributed by atoms with E-state index in [0.717, 1.165) is 24.0 Å². The number of likely N-dealkylation sites (tertiary alicyclic amines) is 1. The summed E-state index contributed by atoms with van der Waals surface area (Å²) in [6.45, 7) is 4.10. The monoisotopic (exact) mass is 346 g/mol. The Morgan fingerprint density at radius 1 is 1.32 bits per heavy atom. The number of hydrogen-bond donors (Lipinski definition) is 1. The van der Waals surface area contributed by atoms with Crippen LogP contribution in [0.1, 0.15) is 30.4 Å². The first kappa shape index (κ1) is 17.7. The van der Waals surface area contributed by atoms with Gasteiger partial charge in [0.2, 0.25) is 11.8 Å². The molecule has 0 spiro atoms. The molecule has 0 aromatic heterocycles. The zero-order valence-electron chi connectivity index (χ0n) is 14.9. The van der Waals surface area contributed by atoms with Crippen LogP contribution < -0.4 is 10.1 Å². The highest BCUT2D eigenvalue weighted by molar-refractivity contribution is 5.90. The van der Waals surface area contributed by atoms with Crippen molar-refractivity contribution in [1.82, 2.24) is 10.2 Å². The Balaban J connectivity index is 1.58. The zero-order chi connectivity index (χ0) is 17.8. The summed E-state index contributed by atoms with van der Waals surface area (Å²) >= 11 is 0. The van der Waals surface area contributed by atoms with Gasteiger partial charge in [-0.15, -0.1) is 0 Å². The second-order valence-corrected chi connectivity index (χ2v) is 6.78. The fourth-order valence-corrected chi connectivity index (χ4v) is 3.66. The minimum Gasteiger partial charge on any atom is -0.496 e. The van der Waals surface area contributed by atoms with Crippen molar-refractivity contribution in [2.45, 2.75) is 44.7 Å². The highest BCUT2D eigenvalue weighted by Crippen LogP contribution is 2.23. The number of amides is 2. The number of aryl methyl sites for hydroxylation is 1. The van der Waals surface area contributed by atoms with E-state index in [1.807, 2.05) is 30.0 Å². The van der Waals surface area contributed by atoms with Crippen LogP contribution in [0.15, 0.2) is 18.2 Å². The highest BCUT2D eigenvalue weighted by Gasteiger charge is 2.37. The first-order valence-electron chi connectivity index (χ1n) is 8.89. The molecular weight excluding hydrogens is 320 g/mol. The van der Waals surface area contributed by atoms with Gasteiger partial charge in [0.15, 0.2) is 0 Å². The van der Waals surface area contributed by atoms with Crippen LogP contribution in [0.3, 0.4) is 0 Å². The zero-order valence-corrected chi connectivity index (χ0v) is 14.9. The number of nitrogens with one attached hydrogen (secondary N) is 1. The third-order valence-corrected chi connectivity index (χ3v) is 4.99. The molecule has 0 bridgehead atoms. The molecule has 1 aromatic carbocycles. The van der Waals surface area contributed by atoms with Crippen molar-refractivity contribution in [3.63, 3.8) is 0 Å². The van der Waals surface area contributed by atoms with Gasteiger partial charge >= 0.3 is 0 Å². The second-order valence-electron chi connectivity index (χ2n) is 6.78. The van der Waals surface area contributed by atoms with Crippen molar-refractivity contribution in [1.29, 1.82) is 0 Å². The Bertz CT molecular complexity index is 640. The fourth-order valence-electron chi connectivity index (χ4n) is 3.66. The van der Waals surface area contributed by atoms with Crippen molar-refractivity contribution < 1.29 is 19.1 Å². The smallest absolute Gasteiger partial charge is 0.245 e. The molecule has 2 saturated heterocycles. The van der Waals surface area contributed by atoms with Gasteiger partial charge in [-0.3, -0.25) is 9.59 Å². The highest BCUT2D eigenvalue weighted by atomic mass is 16.5. The molecule has 6 heteroatoms. The van der Waals surface area contributed by atoms with Crippen molar-refractivity contribution in [2.75, 3.05) is 26.9 Å². The summed E-state index contributed by atoms with van der Waals surface area (Å²) in [5.74, 6) is 0.592. The molecule has 2 aliphatic rings. The maximum absolute atomic E-state index is 12.6. The summed E-state index contributed by atoms with van der Waals surface area (Å²) in [6.07, 6.45) is 2.65. The maximum atomic E-state index is 12.6. The summed E-state index contributed by atoms with van der Waals surface area (Å²) in [7, 11) is 1.60. The van der Waals surface area contributed by atoms with Gasteiger partial charge in [0.05, 0.1) is 13.5 Å². The van der Waals surface area contributed by atoms with E-state index in [0.29, 0.717) is 31.9 Å². The van der Waals surface area contributed by atoms with Gasteiger partial charge in [0.25, 0.3) is 0 Å². The Morgan fingerprint density at radius 2 is 2.08 bits per heavy atom. The van der Waals surface area contributed by atoms with Crippen molar-refractivity contribution >= 4 is 11.8 Å². The Hall–Kier alpha value is -2.08. The third-order valence-electron chi connectivity index (χ3n) is 4.99. The summed E-state index contributed by atoms with van der Waals surface area (Å²) < 4.78 is 10.7. The van der Waals surface area contributed by atoms with E-state index in [4.69, 9.17) is 9.47 Å². The van der Waals surface area contributed by atoms with Crippen molar-refractivity contribution in [3.8, 4) is 5.75 Å². The van der Waals surface area contributed by atoms with Gasteiger partial charge < -0.3 is 19.7 Å². The lowest BCUT2D eigenvalue weighted by Gasteiger charge is -2.31.